The van der Waals surface area contributed by atoms with Crippen molar-refractivity contribution < 1.29 is 22.8 Å². The van der Waals surface area contributed by atoms with Crippen LogP contribution in [0.2, 0.25) is 0 Å². The molecular weight excluding hydrogens is 301 g/mol. The highest BCUT2D eigenvalue weighted by atomic mass is 19.4. The van der Waals surface area contributed by atoms with Gasteiger partial charge in [0.05, 0.1) is 4.92 Å². The second-order valence-corrected chi connectivity index (χ2v) is 4.28. The van der Waals surface area contributed by atoms with Crippen molar-refractivity contribution in [3.8, 4) is 5.75 Å². The molecule has 0 aliphatic rings. The van der Waals surface area contributed by atoms with E-state index in [0.717, 1.165) is 0 Å². The molecule has 116 valence electrons. The third-order valence-electron chi connectivity index (χ3n) is 2.77. The largest absolute Gasteiger partial charge is 0.573 e. The molecule has 0 heterocycles. The molecule has 1 N–H and O–H groups in total. The Morgan fingerprint density at radius 1 is 1.09 bits per heavy atom. The fourth-order valence-corrected chi connectivity index (χ4v) is 1.85. The number of anilines is 1. The van der Waals surface area contributed by atoms with Crippen molar-refractivity contribution in [2.75, 3.05) is 5.32 Å². The Hall–Kier alpha value is -2.77. The number of nitrogens with one attached hydrogen (secondary N) is 1. The molecule has 0 unspecified atom stereocenters. The molecule has 0 saturated heterocycles. The van der Waals surface area contributed by atoms with Gasteiger partial charge in [0, 0.05) is 18.2 Å². The summed E-state index contributed by atoms with van der Waals surface area (Å²) in [7, 11) is 0. The third-order valence-corrected chi connectivity index (χ3v) is 2.77. The fourth-order valence-electron chi connectivity index (χ4n) is 1.85. The zero-order chi connectivity index (χ0) is 16.2. The van der Waals surface area contributed by atoms with Crippen LogP contribution in [0.25, 0.3) is 0 Å². The molecule has 8 heteroatoms. The van der Waals surface area contributed by atoms with Crippen molar-refractivity contribution in [1.29, 1.82) is 0 Å². The Balaban J connectivity index is 2.18. The average Bonchev–Trinajstić information content (AvgIpc) is 2.45. The first kappa shape index (κ1) is 15.6. The zero-order valence-corrected chi connectivity index (χ0v) is 11.1. The van der Waals surface area contributed by atoms with Gasteiger partial charge in [-0.3, -0.25) is 10.1 Å². The molecule has 2 aromatic rings. The number of ether oxygens (including phenoxy) is 1. The maximum Gasteiger partial charge on any atom is 0.573 e. The Kier molecular flexibility index (Phi) is 4.50. The maximum absolute atomic E-state index is 12.3. The molecular formula is C14H11F3N2O3. The molecule has 0 radical (unpaired) electrons. The van der Waals surface area contributed by atoms with Crippen LogP contribution in [0.15, 0.2) is 48.5 Å². The van der Waals surface area contributed by atoms with Gasteiger partial charge in [0.25, 0.3) is 5.69 Å². The van der Waals surface area contributed by atoms with Crippen LogP contribution in [0.1, 0.15) is 5.56 Å². The standard InChI is InChI=1S/C14H11F3N2O3/c15-14(16,17)22-13-8-4-1-5-10(13)9-18-11-6-2-3-7-12(11)19(20)21/h1-8,18H,9H2. The van der Waals surface area contributed by atoms with Crippen molar-refractivity contribution >= 4 is 11.4 Å². The number of hydrogen-bond acceptors (Lipinski definition) is 4. The lowest BCUT2D eigenvalue weighted by Gasteiger charge is -2.14. The van der Waals surface area contributed by atoms with Gasteiger partial charge in [0.2, 0.25) is 0 Å². The van der Waals surface area contributed by atoms with E-state index in [1.807, 2.05) is 0 Å². The van der Waals surface area contributed by atoms with Gasteiger partial charge in [-0.2, -0.15) is 0 Å². The number of hydrogen-bond donors (Lipinski definition) is 1. The Bertz CT molecular complexity index is 674. The fraction of sp³-hybridized carbons (Fsp3) is 0.143. The van der Waals surface area contributed by atoms with Gasteiger partial charge in [0.1, 0.15) is 11.4 Å². The molecule has 2 rings (SSSR count). The van der Waals surface area contributed by atoms with Crippen LogP contribution in [0.4, 0.5) is 24.5 Å². The van der Waals surface area contributed by atoms with E-state index >= 15 is 0 Å². The Labute approximate surface area is 123 Å². The maximum atomic E-state index is 12.3. The van der Waals surface area contributed by atoms with Crippen LogP contribution in [0.3, 0.4) is 0 Å². The first-order valence-corrected chi connectivity index (χ1v) is 6.18. The van der Waals surface area contributed by atoms with Crippen molar-refractivity contribution in [1.82, 2.24) is 0 Å². The van der Waals surface area contributed by atoms with E-state index in [9.17, 15) is 23.3 Å². The second kappa shape index (κ2) is 6.33. The third kappa shape index (κ3) is 4.11. The smallest absolute Gasteiger partial charge is 0.405 e. The van der Waals surface area contributed by atoms with Crippen LogP contribution >= 0.6 is 0 Å². The van der Waals surface area contributed by atoms with Gasteiger partial charge < -0.3 is 10.1 Å². The number of nitro groups is 1. The summed E-state index contributed by atoms with van der Waals surface area (Å²) in [6.07, 6.45) is -4.80. The number of nitro benzene ring substituents is 1. The summed E-state index contributed by atoms with van der Waals surface area (Å²) in [6, 6.07) is 11.5. The molecule has 0 saturated carbocycles. The topological polar surface area (TPSA) is 64.4 Å². The van der Waals surface area contributed by atoms with Gasteiger partial charge in [-0.1, -0.05) is 30.3 Å². The predicted octanol–water partition coefficient (Wildman–Crippen LogP) is 4.11. The first-order chi connectivity index (χ1) is 10.4. The summed E-state index contributed by atoms with van der Waals surface area (Å²) < 4.78 is 40.9. The molecule has 0 atom stereocenters. The van der Waals surface area contributed by atoms with Gasteiger partial charge in [-0.15, -0.1) is 13.2 Å². The molecule has 5 nitrogen and oxygen atoms in total. The van der Waals surface area contributed by atoms with Gasteiger partial charge in [0.15, 0.2) is 0 Å². The van der Waals surface area contributed by atoms with Gasteiger partial charge in [-0.05, 0) is 12.1 Å². The minimum absolute atomic E-state index is 0.0445. The van der Waals surface area contributed by atoms with Crippen LogP contribution in [-0.4, -0.2) is 11.3 Å². The van der Waals surface area contributed by atoms with E-state index in [1.165, 1.54) is 36.4 Å². The normalized spacial score (nSPS) is 11.0. The minimum atomic E-state index is -4.80. The summed E-state index contributed by atoms with van der Waals surface area (Å²) in [5.74, 6) is -0.346. The lowest BCUT2D eigenvalue weighted by molar-refractivity contribution is -0.384. The Morgan fingerprint density at radius 2 is 1.73 bits per heavy atom. The van der Waals surface area contributed by atoms with Crippen LogP contribution in [-0.2, 0) is 6.54 Å². The van der Waals surface area contributed by atoms with Gasteiger partial charge >= 0.3 is 6.36 Å². The highest BCUT2D eigenvalue weighted by molar-refractivity contribution is 5.61. The van der Waals surface area contributed by atoms with E-state index in [4.69, 9.17) is 0 Å². The summed E-state index contributed by atoms with van der Waals surface area (Å²) in [6.45, 7) is -0.0445. The molecule has 0 aliphatic heterocycles. The van der Waals surface area contributed by atoms with E-state index in [1.54, 1.807) is 12.1 Å². The second-order valence-electron chi connectivity index (χ2n) is 4.28. The predicted molar refractivity (Wildman–Crippen MR) is 73.5 cm³/mol. The lowest BCUT2D eigenvalue weighted by Crippen LogP contribution is -2.18. The Morgan fingerprint density at radius 3 is 2.41 bits per heavy atom. The van der Waals surface area contributed by atoms with E-state index in [2.05, 4.69) is 10.1 Å². The highest BCUT2D eigenvalue weighted by Gasteiger charge is 2.31. The molecule has 0 spiro atoms. The summed E-state index contributed by atoms with van der Waals surface area (Å²) >= 11 is 0. The van der Waals surface area contributed by atoms with Crippen LogP contribution in [0, 0.1) is 10.1 Å². The summed E-state index contributed by atoms with van der Waals surface area (Å²) in [5.41, 5.74) is 0.295. The molecule has 0 aromatic heterocycles. The quantitative estimate of drug-likeness (QED) is 0.666. The van der Waals surface area contributed by atoms with Crippen molar-refractivity contribution in [2.24, 2.45) is 0 Å². The van der Waals surface area contributed by atoms with Crippen LogP contribution < -0.4 is 10.1 Å². The monoisotopic (exact) mass is 312 g/mol. The molecule has 0 aliphatic carbocycles. The number of rotatable bonds is 5. The SMILES string of the molecule is O=[N+]([O-])c1ccccc1NCc1ccccc1OC(F)(F)F. The number of para-hydroxylation sites is 3. The number of benzene rings is 2. The first-order valence-electron chi connectivity index (χ1n) is 6.18. The number of nitrogens with zero attached hydrogens (tertiary/aromatic N) is 1. The van der Waals surface area contributed by atoms with Gasteiger partial charge in [-0.25, -0.2) is 0 Å². The number of halogens is 3. The average molecular weight is 312 g/mol. The van der Waals surface area contributed by atoms with Crippen molar-refractivity contribution in [3.05, 3.63) is 64.2 Å². The summed E-state index contributed by atoms with van der Waals surface area (Å²) in [4.78, 5) is 10.3. The van der Waals surface area contributed by atoms with Crippen molar-refractivity contribution in [3.63, 3.8) is 0 Å². The summed E-state index contributed by atoms with van der Waals surface area (Å²) in [5, 5.41) is 13.6. The van der Waals surface area contributed by atoms with E-state index in [0.29, 0.717) is 0 Å². The zero-order valence-electron chi connectivity index (χ0n) is 11.1. The number of alkyl halides is 3. The molecule has 0 amide bonds. The minimum Gasteiger partial charge on any atom is -0.405 e. The van der Waals surface area contributed by atoms with Crippen molar-refractivity contribution in [2.45, 2.75) is 12.9 Å². The lowest BCUT2D eigenvalue weighted by atomic mass is 10.2. The molecule has 0 fully saturated rings. The van der Waals surface area contributed by atoms with E-state index in [-0.39, 0.29) is 29.2 Å². The van der Waals surface area contributed by atoms with Crippen LogP contribution in [0.5, 0.6) is 5.75 Å². The molecule has 22 heavy (non-hydrogen) atoms. The van der Waals surface area contributed by atoms with E-state index < -0.39 is 11.3 Å². The molecule has 0 bridgehead atoms. The molecule has 2 aromatic carbocycles. The highest BCUT2D eigenvalue weighted by Crippen LogP contribution is 2.28.